The first-order chi connectivity index (χ1) is 9.13. The summed E-state index contributed by atoms with van der Waals surface area (Å²) >= 11 is 0. The molecule has 0 saturated heterocycles. The maximum atomic E-state index is 11.4. The van der Waals surface area contributed by atoms with E-state index >= 15 is 0 Å². The normalized spacial score (nSPS) is 11.6. The van der Waals surface area contributed by atoms with E-state index in [0.29, 0.717) is 13.0 Å². The monoisotopic (exact) mass is 267 g/mol. The second-order valence-corrected chi connectivity index (χ2v) is 3.91. The molecule has 0 aliphatic heterocycles. The van der Waals surface area contributed by atoms with Crippen LogP contribution < -0.4 is 10.6 Å². The number of carboxylic acids is 1. The van der Waals surface area contributed by atoms with Crippen LogP contribution in [0.2, 0.25) is 0 Å². The zero-order chi connectivity index (χ0) is 14.1. The molecule has 1 atom stereocenters. The van der Waals surface area contributed by atoms with Crippen molar-refractivity contribution in [3.63, 3.8) is 0 Å². The van der Waals surface area contributed by atoms with Gasteiger partial charge in [0, 0.05) is 32.0 Å². The number of nitrogens with one attached hydrogen (secondary N) is 2. The molecule has 104 valence electrons. The molecule has 0 bridgehead atoms. The standard InChI is InChI=1S/C12H17N3O4/c16-8-4-10(11(17)18)15-12(19)14-7-3-9-1-5-13-6-2-9/h1-2,5-6,10,16H,3-4,7-8H2,(H,17,18)(H2,14,15,19)/t10-/m0/s1. The first kappa shape index (κ1) is 14.9. The minimum atomic E-state index is -1.17. The van der Waals surface area contributed by atoms with E-state index in [1.165, 1.54) is 0 Å². The van der Waals surface area contributed by atoms with E-state index in [1.54, 1.807) is 12.4 Å². The van der Waals surface area contributed by atoms with Crippen molar-refractivity contribution in [1.29, 1.82) is 0 Å². The van der Waals surface area contributed by atoms with Crippen molar-refractivity contribution in [3.05, 3.63) is 30.1 Å². The first-order valence-corrected chi connectivity index (χ1v) is 5.90. The van der Waals surface area contributed by atoms with Crippen molar-refractivity contribution >= 4 is 12.0 Å². The SMILES string of the molecule is O=C(NCCc1ccncc1)N[C@@H](CCO)C(=O)O. The molecular formula is C12H17N3O4. The lowest BCUT2D eigenvalue weighted by atomic mass is 10.2. The topological polar surface area (TPSA) is 112 Å². The van der Waals surface area contributed by atoms with Gasteiger partial charge >= 0.3 is 12.0 Å². The minimum absolute atomic E-state index is 0.0207. The quantitative estimate of drug-likeness (QED) is 0.544. The molecule has 1 aromatic rings. The van der Waals surface area contributed by atoms with Gasteiger partial charge in [-0.1, -0.05) is 0 Å². The Balaban J connectivity index is 2.29. The van der Waals surface area contributed by atoms with Gasteiger partial charge in [-0.05, 0) is 24.1 Å². The minimum Gasteiger partial charge on any atom is -0.480 e. The van der Waals surface area contributed by atoms with Crippen LogP contribution in [0, 0.1) is 0 Å². The van der Waals surface area contributed by atoms with Crippen molar-refractivity contribution in [3.8, 4) is 0 Å². The molecule has 1 heterocycles. The van der Waals surface area contributed by atoms with E-state index in [9.17, 15) is 9.59 Å². The summed E-state index contributed by atoms with van der Waals surface area (Å²) in [6, 6.07) is 2.04. The summed E-state index contributed by atoms with van der Waals surface area (Å²) in [6.07, 6.45) is 3.94. The molecule has 0 fully saturated rings. The molecule has 0 saturated carbocycles. The van der Waals surface area contributed by atoms with Crippen LogP contribution in [0.4, 0.5) is 4.79 Å². The predicted molar refractivity (Wildman–Crippen MR) is 67.6 cm³/mol. The Morgan fingerprint density at radius 1 is 1.32 bits per heavy atom. The van der Waals surface area contributed by atoms with Crippen molar-refractivity contribution in [1.82, 2.24) is 15.6 Å². The number of hydrogen-bond acceptors (Lipinski definition) is 4. The lowest BCUT2D eigenvalue weighted by Gasteiger charge is -2.13. The van der Waals surface area contributed by atoms with Crippen molar-refractivity contribution in [2.45, 2.75) is 18.9 Å². The third-order valence-electron chi connectivity index (χ3n) is 2.47. The van der Waals surface area contributed by atoms with Gasteiger partial charge in [-0.25, -0.2) is 9.59 Å². The number of hydrogen-bond donors (Lipinski definition) is 4. The number of pyridine rings is 1. The molecule has 0 radical (unpaired) electrons. The summed E-state index contributed by atoms with van der Waals surface area (Å²) in [5, 5.41) is 22.3. The molecule has 0 aliphatic carbocycles. The first-order valence-electron chi connectivity index (χ1n) is 5.90. The summed E-state index contributed by atoms with van der Waals surface area (Å²) in [7, 11) is 0. The van der Waals surface area contributed by atoms with E-state index in [1.807, 2.05) is 12.1 Å². The van der Waals surface area contributed by atoms with Crippen LogP contribution in [-0.4, -0.2) is 46.4 Å². The molecular weight excluding hydrogens is 250 g/mol. The number of urea groups is 1. The van der Waals surface area contributed by atoms with Gasteiger partial charge in [0.25, 0.3) is 0 Å². The summed E-state index contributed by atoms with van der Waals surface area (Å²) in [4.78, 5) is 26.1. The van der Waals surface area contributed by atoms with Crippen LogP contribution in [0.25, 0.3) is 0 Å². The number of rotatable bonds is 7. The maximum Gasteiger partial charge on any atom is 0.326 e. The highest BCUT2D eigenvalue weighted by Crippen LogP contribution is 1.96. The Morgan fingerprint density at radius 3 is 2.58 bits per heavy atom. The number of carboxylic acid groups (broad SMARTS) is 1. The van der Waals surface area contributed by atoms with Gasteiger partial charge in [0.2, 0.25) is 0 Å². The smallest absolute Gasteiger partial charge is 0.326 e. The van der Waals surface area contributed by atoms with Gasteiger partial charge in [0.1, 0.15) is 6.04 Å². The number of carbonyl (C=O) groups excluding carboxylic acids is 1. The molecule has 19 heavy (non-hydrogen) atoms. The van der Waals surface area contributed by atoms with Crippen LogP contribution in [0.1, 0.15) is 12.0 Å². The molecule has 0 unspecified atom stereocenters. The Bertz CT molecular complexity index is 411. The Kier molecular flexibility index (Phi) is 6.31. The van der Waals surface area contributed by atoms with Crippen molar-refractivity contribution in [2.24, 2.45) is 0 Å². The Hall–Kier alpha value is -2.15. The van der Waals surface area contributed by atoms with Gasteiger partial charge in [-0.3, -0.25) is 4.98 Å². The summed E-state index contributed by atoms with van der Waals surface area (Å²) in [6.45, 7) is 0.0928. The lowest BCUT2D eigenvalue weighted by Crippen LogP contribution is -2.46. The number of nitrogens with zero attached hydrogens (tertiary/aromatic N) is 1. The van der Waals surface area contributed by atoms with Gasteiger partial charge in [-0.15, -0.1) is 0 Å². The zero-order valence-corrected chi connectivity index (χ0v) is 10.4. The lowest BCUT2D eigenvalue weighted by molar-refractivity contribution is -0.139. The highest BCUT2D eigenvalue weighted by molar-refractivity contribution is 5.82. The number of aromatic nitrogens is 1. The van der Waals surface area contributed by atoms with Crippen LogP contribution in [0.5, 0.6) is 0 Å². The molecule has 0 aliphatic rings. The van der Waals surface area contributed by atoms with Gasteiger partial charge in [0.15, 0.2) is 0 Å². The molecule has 7 heteroatoms. The number of amides is 2. The van der Waals surface area contributed by atoms with Crippen molar-refractivity contribution in [2.75, 3.05) is 13.2 Å². The summed E-state index contributed by atoms with van der Waals surface area (Å²) < 4.78 is 0. The second kappa shape index (κ2) is 8.04. The molecule has 7 nitrogen and oxygen atoms in total. The van der Waals surface area contributed by atoms with Crippen LogP contribution >= 0.6 is 0 Å². The number of aliphatic hydroxyl groups is 1. The van der Waals surface area contributed by atoms with Crippen LogP contribution in [-0.2, 0) is 11.2 Å². The van der Waals surface area contributed by atoms with Gasteiger partial charge in [-0.2, -0.15) is 0 Å². The van der Waals surface area contributed by atoms with E-state index in [4.69, 9.17) is 10.2 Å². The predicted octanol–water partition coefficient (Wildman–Crippen LogP) is -0.241. The average Bonchev–Trinajstić information content (AvgIpc) is 2.39. The zero-order valence-electron chi connectivity index (χ0n) is 10.4. The number of aliphatic carboxylic acids is 1. The van der Waals surface area contributed by atoms with E-state index in [0.717, 1.165) is 5.56 Å². The van der Waals surface area contributed by atoms with E-state index < -0.39 is 18.0 Å². The van der Waals surface area contributed by atoms with Gasteiger partial charge < -0.3 is 20.8 Å². The third-order valence-corrected chi connectivity index (χ3v) is 2.47. The molecule has 0 spiro atoms. The Morgan fingerprint density at radius 2 is 2.00 bits per heavy atom. The molecule has 1 aromatic heterocycles. The maximum absolute atomic E-state index is 11.4. The fourth-order valence-corrected chi connectivity index (χ4v) is 1.47. The van der Waals surface area contributed by atoms with Crippen LogP contribution in [0.3, 0.4) is 0 Å². The molecule has 4 N–H and O–H groups in total. The van der Waals surface area contributed by atoms with Gasteiger partial charge in [0.05, 0.1) is 0 Å². The van der Waals surface area contributed by atoms with E-state index in [2.05, 4.69) is 15.6 Å². The number of carbonyl (C=O) groups is 2. The van der Waals surface area contributed by atoms with Crippen molar-refractivity contribution < 1.29 is 19.8 Å². The molecule has 2 amide bonds. The summed E-state index contributed by atoms with van der Waals surface area (Å²) in [5.74, 6) is -1.17. The van der Waals surface area contributed by atoms with E-state index in [-0.39, 0.29) is 13.0 Å². The average molecular weight is 267 g/mol. The molecule has 1 rings (SSSR count). The molecule has 0 aromatic carbocycles. The highest BCUT2D eigenvalue weighted by atomic mass is 16.4. The highest BCUT2D eigenvalue weighted by Gasteiger charge is 2.18. The van der Waals surface area contributed by atoms with Crippen LogP contribution in [0.15, 0.2) is 24.5 Å². The fraction of sp³-hybridized carbons (Fsp3) is 0.417. The third kappa shape index (κ3) is 5.82. The summed E-state index contributed by atoms with van der Waals surface area (Å²) in [5.41, 5.74) is 1.03. The fourth-order valence-electron chi connectivity index (χ4n) is 1.47. The largest absolute Gasteiger partial charge is 0.480 e. The Labute approximate surface area is 110 Å². The second-order valence-electron chi connectivity index (χ2n) is 3.91. The number of aliphatic hydroxyl groups excluding tert-OH is 1.